The number of carboxylic acids is 1. The second kappa shape index (κ2) is 9.20. The zero-order valence-corrected chi connectivity index (χ0v) is 20.8. The molecule has 3 N–H and O–H groups in total. The summed E-state index contributed by atoms with van der Waals surface area (Å²) in [5.41, 5.74) is -2.29. The molecule has 0 aromatic carbocycles. The number of rotatable bonds is 13. The number of hydrogen-bond donors (Lipinski definition) is 3. The minimum atomic E-state index is -3.70. The van der Waals surface area contributed by atoms with Crippen LogP contribution in [0.3, 0.4) is 0 Å². The van der Waals surface area contributed by atoms with Gasteiger partial charge in [-0.25, -0.2) is 13.1 Å². The topological polar surface area (TPSA) is 113 Å². The Hall–Kier alpha value is -0.700. The molecule has 0 heterocycles. The van der Waals surface area contributed by atoms with Crippen molar-refractivity contribution in [1.29, 1.82) is 0 Å². The van der Waals surface area contributed by atoms with Gasteiger partial charge in [0.1, 0.15) is 4.75 Å². The van der Waals surface area contributed by atoms with E-state index >= 15 is 0 Å². The molecular weight excluding hydrogens is 394 g/mol. The average molecular weight is 438 g/mol. The van der Waals surface area contributed by atoms with E-state index < -0.39 is 43.9 Å². The van der Waals surface area contributed by atoms with Gasteiger partial charge < -0.3 is 14.9 Å². The fourth-order valence-electron chi connectivity index (χ4n) is 3.76. The van der Waals surface area contributed by atoms with Crippen LogP contribution in [0.25, 0.3) is 0 Å². The minimum absolute atomic E-state index is 0.242. The van der Waals surface area contributed by atoms with Gasteiger partial charge in [0.2, 0.25) is 10.0 Å². The van der Waals surface area contributed by atoms with E-state index in [2.05, 4.69) is 4.72 Å². The van der Waals surface area contributed by atoms with E-state index in [-0.39, 0.29) is 5.41 Å². The smallest absolute Gasteiger partial charge is 0.309 e. The number of aliphatic carboxylic acids is 1. The van der Waals surface area contributed by atoms with E-state index in [9.17, 15) is 23.4 Å². The molecule has 0 amide bonds. The molecule has 0 aromatic rings. The Balaban J connectivity index is 4.91. The molecular formula is C21H43NO6S. The quantitative estimate of drug-likeness (QED) is 0.406. The first-order valence-electron chi connectivity index (χ1n) is 10.1. The molecule has 0 saturated carbocycles. The molecule has 0 aliphatic rings. The molecule has 8 heteroatoms. The highest BCUT2D eigenvalue weighted by atomic mass is 32.2. The maximum absolute atomic E-state index is 12.5. The maximum Gasteiger partial charge on any atom is 0.309 e. The number of carbonyl (C=O) groups is 1. The fourth-order valence-corrected chi connectivity index (χ4v) is 5.03. The van der Waals surface area contributed by atoms with Gasteiger partial charge in [0.15, 0.2) is 0 Å². The third-order valence-electron chi connectivity index (χ3n) is 5.14. The van der Waals surface area contributed by atoms with Crippen LogP contribution in [0.1, 0.15) is 88.5 Å². The van der Waals surface area contributed by atoms with Crippen LogP contribution in [0, 0.1) is 10.8 Å². The standard InChI is InChI=1S/C21H43NO6S/c1-17(2,13-18(3,4)16(24)25)14-20(7,8)28-12-11-19(5,6)22-29(26,27)21(9,10)15-23/h22-23H,11-15H2,1-10H3,(H,24,25). The van der Waals surface area contributed by atoms with Crippen LogP contribution in [0.15, 0.2) is 0 Å². The van der Waals surface area contributed by atoms with E-state index in [0.717, 1.165) is 0 Å². The number of aliphatic hydroxyl groups excluding tert-OH is 1. The zero-order valence-electron chi connectivity index (χ0n) is 20.0. The highest BCUT2D eigenvalue weighted by molar-refractivity contribution is 7.90. The maximum atomic E-state index is 12.5. The number of carboxylic acid groups (broad SMARTS) is 1. The second-order valence-corrected chi connectivity index (χ2v) is 13.8. The molecule has 0 unspecified atom stereocenters. The third kappa shape index (κ3) is 9.32. The molecule has 0 bridgehead atoms. The second-order valence-electron chi connectivity index (χ2n) is 11.5. The Morgan fingerprint density at radius 3 is 1.83 bits per heavy atom. The van der Waals surface area contributed by atoms with Crippen molar-refractivity contribution >= 4 is 16.0 Å². The summed E-state index contributed by atoms with van der Waals surface area (Å²) in [6, 6.07) is 0. The summed E-state index contributed by atoms with van der Waals surface area (Å²) in [6.45, 7) is 17.9. The number of sulfonamides is 1. The number of ether oxygens (including phenoxy) is 1. The summed E-state index contributed by atoms with van der Waals surface area (Å²) in [6.07, 6.45) is 1.64. The number of hydrogen-bond acceptors (Lipinski definition) is 5. The highest BCUT2D eigenvalue weighted by Gasteiger charge is 2.39. The van der Waals surface area contributed by atoms with Crippen molar-refractivity contribution in [3.05, 3.63) is 0 Å². The van der Waals surface area contributed by atoms with Crippen molar-refractivity contribution in [2.24, 2.45) is 10.8 Å². The van der Waals surface area contributed by atoms with Gasteiger partial charge in [-0.2, -0.15) is 0 Å². The van der Waals surface area contributed by atoms with E-state index in [1.54, 1.807) is 27.7 Å². The molecule has 174 valence electrons. The summed E-state index contributed by atoms with van der Waals surface area (Å²) in [4.78, 5) is 11.5. The Morgan fingerprint density at radius 2 is 1.41 bits per heavy atom. The molecule has 0 fully saturated rings. The van der Waals surface area contributed by atoms with Gasteiger partial charge in [0, 0.05) is 12.1 Å². The van der Waals surface area contributed by atoms with Crippen molar-refractivity contribution in [2.75, 3.05) is 13.2 Å². The van der Waals surface area contributed by atoms with Crippen molar-refractivity contribution in [2.45, 2.75) is 104 Å². The van der Waals surface area contributed by atoms with Gasteiger partial charge in [-0.3, -0.25) is 4.79 Å². The SMILES string of the molecule is CC(C)(CC(C)(C)OCCC(C)(C)NS(=O)(=O)C(C)(C)CO)CC(C)(C)C(=O)O. The van der Waals surface area contributed by atoms with E-state index in [0.29, 0.717) is 25.9 Å². The van der Waals surface area contributed by atoms with Crippen LogP contribution in [-0.4, -0.2) is 53.7 Å². The fraction of sp³-hybridized carbons (Fsp3) is 0.952. The first-order chi connectivity index (χ1) is 12.6. The molecule has 0 spiro atoms. The molecule has 7 nitrogen and oxygen atoms in total. The third-order valence-corrected chi connectivity index (χ3v) is 7.55. The molecule has 0 radical (unpaired) electrons. The first kappa shape index (κ1) is 28.3. The number of nitrogens with one attached hydrogen (secondary N) is 1. The van der Waals surface area contributed by atoms with E-state index in [1.807, 2.05) is 27.7 Å². The van der Waals surface area contributed by atoms with E-state index in [1.165, 1.54) is 13.8 Å². The van der Waals surface area contributed by atoms with Crippen LogP contribution in [0.5, 0.6) is 0 Å². The van der Waals surface area contributed by atoms with Crippen LogP contribution in [-0.2, 0) is 19.6 Å². The summed E-state index contributed by atoms with van der Waals surface area (Å²) >= 11 is 0. The summed E-state index contributed by atoms with van der Waals surface area (Å²) in [5, 5.41) is 18.8. The molecule has 0 aromatic heterocycles. The molecule has 0 atom stereocenters. The van der Waals surface area contributed by atoms with Crippen LogP contribution < -0.4 is 4.72 Å². The molecule has 0 saturated heterocycles. The van der Waals surface area contributed by atoms with Crippen LogP contribution in [0.2, 0.25) is 0 Å². The Bertz CT molecular complexity index is 663. The lowest BCUT2D eigenvalue weighted by Crippen LogP contribution is -2.53. The molecule has 29 heavy (non-hydrogen) atoms. The first-order valence-corrected chi connectivity index (χ1v) is 11.6. The lowest BCUT2D eigenvalue weighted by Gasteiger charge is -2.39. The normalized spacial score (nSPS) is 14.9. The van der Waals surface area contributed by atoms with Gasteiger partial charge in [0.05, 0.1) is 17.6 Å². The molecule has 0 aliphatic carbocycles. The monoisotopic (exact) mass is 437 g/mol. The minimum Gasteiger partial charge on any atom is -0.481 e. The molecule has 0 aliphatic heterocycles. The Morgan fingerprint density at radius 1 is 0.931 bits per heavy atom. The van der Waals surface area contributed by atoms with Crippen LogP contribution >= 0.6 is 0 Å². The highest BCUT2D eigenvalue weighted by Crippen LogP contribution is 2.40. The summed E-state index contributed by atoms with van der Waals surface area (Å²) in [7, 11) is -3.70. The van der Waals surface area contributed by atoms with Gasteiger partial charge in [-0.05, 0) is 80.1 Å². The Kier molecular flexibility index (Phi) is 8.98. The lowest BCUT2D eigenvalue weighted by atomic mass is 9.70. The van der Waals surface area contributed by atoms with Gasteiger partial charge in [-0.1, -0.05) is 13.8 Å². The predicted octanol–water partition coefficient (Wildman–Crippen LogP) is 3.56. The largest absolute Gasteiger partial charge is 0.481 e. The van der Waals surface area contributed by atoms with Crippen molar-refractivity contribution in [1.82, 2.24) is 4.72 Å². The van der Waals surface area contributed by atoms with E-state index in [4.69, 9.17) is 4.74 Å². The zero-order chi connectivity index (χ0) is 23.5. The van der Waals surface area contributed by atoms with Crippen molar-refractivity contribution in [3.8, 4) is 0 Å². The molecule has 0 rings (SSSR count). The lowest BCUT2D eigenvalue weighted by molar-refractivity contribution is -0.149. The predicted molar refractivity (Wildman–Crippen MR) is 116 cm³/mol. The van der Waals surface area contributed by atoms with Gasteiger partial charge in [-0.15, -0.1) is 0 Å². The summed E-state index contributed by atoms with van der Waals surface area (Å²) < 4.78 is 32.4. The number of aliphatic hydroxyl groups is 1. The summed E-state index contributed by atoms with van der Waals surface area (Å²) in [5.74, 6) is -0.816. The van der Waals surface area contributed by atoms with Crippen LogP contribution in [0.4, 0.5) is 0 Å². The van der Waals surface area contributed by atoms with Gasteiger partial charge >= 0.3 is 5.97 Å². The Labute approximate surface area is 177 Å². The average Bonchev–Trinajstić information content (AvgIpc) is 2.42. The van der Waals surface area contributed by atoms with Crippen molar-refractivity contribution < 1.29 is 28.2 Å². The van der Waals surface area contributed by atoms with Gasteiger partial charge in [0.25, 0.3) is 0 Å². The van der Waals surface area contributed by atoms with Crippen molar-refractivity contribution in [3.63, 3.8) is 0 Å².